The number of fused-ring (bicyclic) bond motifs is 1. The summed E-state index contributed by atoms with van der Waals surface area (Å²) in [5, 5.41) is 6.30. The molecule has 3 aromatic rings. The number of carbonyl (C=O) groups excluding carboxylic acids is 2. The summed E-state index contributed by atoms with van der Waals surface area (Å²) in [5.41, 5.74) is 0.900. The van der Waals surface area contributed by atoms with E-state index >= 15 is 0 Å². The van der Waals surface area contributed by atoms with Crippen molar-refractivity contribution < 1.29 is 33.0 Å². The Kier molecular flexibility index (Phi) is 7.66. The molecule has 0 aliphatic heterocycles. The van der Waals surface area contributed by atoms with Crippen LogP contribution in [0.4, 0.5) is 0 Å². The maximum Gasteiger partial charge on any atom is 0.251 e. The van der Waals surface area contributed by atoms with Gasteiger partial charge in [0.25, 0.3) is 5.91 Å². The van der Waals surface area contributed by atoms with Crippen LogP contribution in [-0.4, -0.2) is 46.3 Å². The Balaban J connectivity index is 1.64. The molecule has 0 fully saturated rings. The van der Waals surface area contributed by atoms with Crippen molar-refractivity contribution in [3.05, 3.63) is 47.7 Å². The normalized spacial score (nSPS) is 11.5. The molecule has 0 aliphatic rings. The summed E-state index contributed by atoms with van der Waals surface area (Å²) in [5.74, 6) is 1.48. The molecule has 2 amide bonds. The van der Waals surface area contributed by atoms with Crippen LogP contribution in [0.3, 0.4) is 0 Å². The Labute approximate surface area is 191 Å². The number of hydrogen-bond donors (Lipinski definition) is 2. The monoisotopic (exact) mass is 456 g/mol. The summed E-state index contributed by atoms with van der Waals surface area (Å²) in [6.07, 6.45) is 0. The lowest BCUT2D eigenvalue weighted by Crippen LogP contribution is -2.38. The van der Waals surface area contributed by atoms with E-state index in [1.165, 1.54) is 33.5 Å². The third-order valence-corrected chi connectivity index (χ3v) is 4.97. The van der Waals surface area contributed by atoms with Gasteiger partial charge in [-0.25, -0.2) is 0 Å². The van der Waals surface area contributed by atoms with Gasteiger partial charge in [-0.1, -0.05) is 12.1 Å². The molecule has 33 heavy (non-hydrogen) atoms. The van der Waals surface area contributed by atoms with Crippen LogP contribution in [0.25, 0.3) is 11.0 Å². The van der Waals surface area contributed by atoms with E-state index in [4.69, 9.17) is 23.4 Å². The van der Waals surface area contributed by atoms with Gasteiger partial charge in [0.05, 0.1) is 40.5 Å². The summed E-state index contributed by atoms with van der Waals surface area (Å²) in [6.45, 7) is 4.01. The first-order valence-electron chi connectivity index (χ1n) is 10.4. The smallest absolute Gasteiger partial charge is 0.251 e. The number of hydrogen-bond acceptors (Lipinski definition) is 7. The number of furan rings is 1. The highest BCUT2D eigenvalue weighted by Gasteiger charge is 2.19. The Bertz CT molecular complexity index is 1110. The average Bonchev–Trinajstić information content (AvgIpc) is 3.27. The van der Waals surface area contributed by atoms with E-state index in [1.54, 1.807) is 6.92 Å². The van der Waals surface area contributed by atoms with Gasteiger partial charge in [0.2, 0.25) is 11.7 Å². The highest BCUT2D eigenvalue weighted by atomic mass is 16.5. The van der Waals surface area contributed by atoms with Crippen molar-refractivity contribution in [2.45, 2.75) is 19.9 Å². The lowest BCUT2D eigenvalue weighted by atomic mass is 10.1. The van der Waals surface area contributed by atoms with Gasteiger partial charge in [0.15, 0.2) is 22.8 Å². The third-order valence-electron chi connectivity index (χ3n) is 4.97. The molecule has 9 heteroatoms. The molecule has 1 heterocycles. The largest absolute Gasteiger partial charge is 0.493 e. The molecule has 0 aliphatic carbocycles. The van der Waals surface area contributed by atoms with Gasteiger partial charge in [-0.05, 0) is 38.1 Å². The zero-order valence-electron chi connectivity index (χ0n) is 19.3. The van der Waals surface area contributed by atoms with Crippen molar-refractivity contribution >= 4 is 22.8 Å². The van der Waals surface area contributed by atoms with E-state index in [0.717, 1.165) is 5.39 Å². The summed E-state index contributed by atoms with van der Waals surface area (Å²) >= 11 is 0. The Morgan fingerprint density at radius 1 is 1.00 bits per heavy atom. The molecule has 9 nitrogen and oxygen atoms in total. The standard InChI is InChI=1S/C24H28N2O7/c1-6-32-17-9-7-8-15-10-18(33-22(15)17)14(2)26-21(27)13-25-24(28)16-11-19(29-3)23(31-5)20(12-16)30-4/h7-12,14H,6,13H2,1-5H3,(H,25,28)(H,26,27). The van der Waals surface area contributed by atoms with Gasteiger partial charge in [-0.3, -0.25) is 9.59 Å². The van der Waals surface area contributed by atoms with Gasteiger partial charge in [-0.15, -0.1) is 0 Å². The van der Waals surface area contributed by atoms with Gasteiger partial charge < -0.3 is 34.0 Å². The Hall–Kier alpha value is -3.88. The number of ether oxygens (including phenoxy) is 4. The van der Waals surface area contributed by atoms with Gasteiger partial charge in [0.1, 0.15) is 5.76 Å². The predicted molar refractivity (Wildman–Crippen MR) is 122 cm³/mol. The number of benzene rings is 2. The van der Waals surface area contributed by atoms with E-state index in [0.29, 0.717) is 40.9 Å². The topological polar surface area (TPSA) is 108 Å². The van der Waals surface area contributed by atoms with Gasteiger partial charge in [0, 0.05) is 10.9 Å². The van der Waals surface area contributed by atoms with Crippen LogP contribution < -0.4 is 29.6 Å². The van der Waals surface area contributed by atoms with Crippen LogP contribution in [-0.2, 0) is 4.79 Å². The van der Waals surface area contributed by atoms with Crippen molar-refractivity contribution in [3.63, 3.8) is 0 Å². The van der Waals surface area contributed by atoms with Crippen molar-refractivity contribution in [2.24, 2.45) is 0 Å². The van der Waals surface area contributed by atoms with Crippen LogP contribution in [0.1, 0.15) is 36.0 Å². The lowest BCUT2D eigenvalue weighted by molar-refractivity contribution is -0.120. The van der Waals surface area contributed by atoms with E-state index < -0.39 is 11.9 Å². The van der Waals surface area contributed by atoms with Crippen LogP contribution in [0.15, 0.2) is 40.8 Å². The number of nitrogens with one attached hydrogen (secondary N) is 2. The molecule has 0 saturated carbocycles. The number of carbonyl (C=O) groups is 2. The number of methoxy groups -OCH3 is 3. The molecule has 2 aromatic carbocycles. The zero-order valence-corrected chi connectivity index (χ0v) is 19.3. The molecule has 1 unspecified atom stereocenters. The Morgan fingerprint density at radius 2 is 1.70 bits per heavy atom. The van der Waals surface area contributed by atoms with Crippen molar-refractivity contribution in [1.29, 1.82) is 0 Å². The lowest BCUT2D eigenvalue weighted by Gasteiger charge is -2.14. The number of rotatable bonds is 10. The Morgan fingerprint density at radius 3 is 2.30 bits per heavy atom. The second-order valence-electron chi connectivity index (χ2n) is 7.14. The highest BCUT2D eigenvalue weighted by molar-refractivity contribution is 5.97. The summed E-state index contributed by atoms with van der Waals surface area (Å²) < 4.78 is 27.3. The molecular weight excluding hydrogens is 428 g/mol. The molecule has 3 rings (SSSR count). The molecular formula is C24H28N2O7. The van der Waals surface area contributed by atoms with Crippen molar-refractivity contribution in [1.82, 2.24) is 10.6 Å². The second kappa shape index (κ2) is 10.6. The van der Waals surface area contributed by atoms with E-state index in [2.05, 4.69) is 10.6 Å². The predicted octanol–water partition coefficient (Wildman–Crippen LogP) is 3.46. The highest BCUT2D eigenvalue weighted by Crippen LogP contribution is 2.38. The van der Waals surface area contributed by atoms with E-state index in [-0.39, 0.29) is 18.0 Å². The molecule has 2 N–H and O–H groups in total. The molecule has 0 saturated heterocycles. The van der Waals surface area contributed by atoms with E-state index in [9.17, 15) is 9.59 Å². The summed E-state index contributed by atoms with van der Waals surface area (Å²) in [7, 11) is 4.40. The molecule has 1 aromatic heterocycles. The minimum Gasteiger partial charge on any atom is -0.493 e. The average molecular weight is 456 g/mol. The summed E-state index contributed by atoms with van der Waals surface area (Å²) in [4.78, 5) is 25.0. The second-order valence-corrected chi connectivity index (χ2v) is 7.14. The fourth-order valence-corrected chi connectivity index (χ4v) is 3.38. The minimum absolute atomic E-state index is 0.218. The third kappa shape index (κ3) is 5.31. The molecule has 1 atom stereocenters. The number of para-hydroxylation sites is 1. The van der Waals surface area contributed by atoms with Crippen LogP contribution in [0, 0.1) is 0 Å². The maximum atomic E-state index is 12.6. The van der Waals surface area contributed by atoms with Gasteiger partial charge in [-0.2, -0.15) is 0 Å². The van der Waals surface area contributed by atoms with Crippen LogP contribution >= 0.6 is 0 Å². The number of amides is 2. The molecule has 0 bridgehead atoms. The van der Waals surface area contributed by atoms with Crippen LogP contribution in [0.5, 0.6) is 23.0 Å². The van der Waals surface area contributed by atoms with Crippen molar-refractivity contribution in [3.8, 4) is 23.0 Å². The zero-order chi connectivity index (χ0) is 24.0. The summed E-state index contributed by atoms with van der Waals surface area (Å²) in [6, 6.07) is 10.1. The quantitative estimate of drug-likeness (QED) is 0.481. The molecule has 0 spiro atoms. The minimum atomic E-state index is -0.456. The fourth-order valence-electron chi connectivity index (χ4n) is 3.38. The van der Waals surface area contributed by atoms with Gasteiger partial charge >= 0.3 is 0 Å². The fraction of sp³-hybridized carbons (Fsp3) is 0.333. The van der Waals surface area contributed by atoms with Crippen LogP contribution in [0.2, 0.25) is 0 Å². The van der Waals surface area contributed by atoms with E-state index in [1.807, 2.05) is 31.2 Å². The van der Waals surface area contributed by atoms with Crippen molar-refractivity contribution in [2.75, 3.05) is 34.5 Å². The SMILES string of the molecule is CCOc1cccc2cc(C(C)NC(=O)CNC(=O)c3cc(OC)c(OC)c(OC)c3)oc12. The first-order chi connectivity index (χ1) is 15.9. The molecule has 176 valence electrons. The first kappa shape index (κ1) is 23.8. The first-order valence-corrected chi connectivity index (χ1v) is 10.4. The maximum absolute atomic E-state index is 12.6. The molecule has 0 radical (unpaired) electrons.